The third kappa shape index (κ3) is 5.50. The quantitative estimate of drug-likeness (QED) is 0.426. The molecule has 11 nitrogen and oxygen atoms in total. The predicted octanol–water partition coefficient (Wildman–Crippen LogP) is 0.00650. The summed E-state index contributed by atoms with van der Waals surface area (Å²) in [6, 6.07) is 3.68. The van der Waals surface area contributed by atoms with Crippen LogP contribution < -0.4 is 21.9 Å². The lowest BCUT2D eigenvalue weighted by Gasteiger charge is -2.23. The zero-order valence-electron chi connectivity index (χ0n) is 16.2. The number of nitrogens with one attached hydrogen (secondary N) is 2. The van der Waals surface area contributed by atoms with Gasteiger partial charge in [0.05, 0.1) is 5.39 Å². The molecule has 0 fully saturated rings. The number of hydrogen-bond donors (Lipinski definition) is 4. The number of rotatable bonds is 9. The fraction of sp³-hybridized carbons (Fsp3) is 0.444. The van der Waals surface area contributed by atoms with Gasteiger partial charge in [-0.1, -0.05) is 31.2 Å². The van der Waals surface area contributed by atoms with E-state index in [0.29, 0.717) is 17.3 Å². The van der Waals surface area contributed by atoms with Crippen LogP contribution in [0, 0.1) is 5.92 Å². The molecule has 2 aromatic rings. The van der Waals surface area contributed by atoms with Crippen LogP contribution in [0.5, 0.6) is 0 Å². The molecule has 0 aliphatic rings. The van der Waals surface area contributed by atoms with Crippen molar-refractivity contribution >= 4 is 28.8 Å². The first-order valence-corrected chi connectivity index (χ1v) is 9.13. The molecule has 0 unspecified atom stereocenters. The average Bonchev–Trinajstić information content (AvgIpc) is 2.65. The third-order valence-corrected chi connectivity index (χ3v) is 4.34. The highest BCUT2D eigenvalue weighted by Crippen LogP contribution is 2.17. The average molecular weight is 404 g/mol. The van der Waals surface area contributed by atoms with Crippen LogP contribution in [0.1, 0.15) is 32.7 Å². The Balaban J connectivity index is 2.22. The number of nitrogens with two attached hydrogens (primary N) is 1. The van der Waals surface area contributed by atoms with Crippen molar-refractivity contribution < 1.29 is 19.5 Å². The van der Waals surface area contributed by atoms with Crippen molar-refractivity contribution in [2.75, 3.05) is 6.54 Å². The molecule has 1 heterocycles. The number of fused-ring (bicyclic) bond motifs is 1. The van der Waals surface area contributed by atoms with Crippen LogP contribution in [0.4, 0.5) is 4.79 Å². The molecule has 2 atom stereocenters. The number of nitrogens with zero attached hydrogens (tertiary/aromatic N) is 3. The molecule has 11 heteroatoms. The third-order valence-electron chi connectivity index (χ3n) is 4.34. The van der Waals surface area contributed by atoms with E-state index in [1.807, 2.05) is 0 Å². The molecule has 156 valence electrons. The maximum atomic E-state index is 12.8. The van der Waals surface area contributed by atoms with Crippen molar-refractivity contribution in [3.63, 3.8) is 0 Å². The molecule has 1 aromatic heterocycles. The molecule has 0 saturated heterocycles. The van der Waals surface area contributed by atoms with Crippen LogP contribution >= 0.6 is 0 Å². The minimum absolute atomic E-state index is 0.0739. The minimum atomic E-state index is -1.23. The van der Waals surface area contributed by atoms with E-state index in [0.717, 1.165) is 4.68 Å². The second kappa shape index (κ2) is 9.62. The molecule has 2 rings (SSSR count). The van der Waals surface area contributed by atoms with Gasteiger partial charge in [-0.05, 0) is 30.9 Å². The molecule has 0 aliphatic heterocycles. The lowest BCUT2D eigenvalue weighted by molar-refractivity contribution is -0.142. The Morgan fingerprint density at radius 1 is 1.24 bits per heavy atom. The van der Waals surface area contributed by atoms with Crippen LogP contribution in [0.2, 0.25) is 0 Å². The van der Waals surface area contributed by atoms with Gasteiger partial charge in [0, 0.05) is 6.54 Å². The number of amides is 3. The second-order valence-corrected chi connectivity index (χ2v) is 6.88. The Morgan fingerprint density at radius 2 is 1.93 bits per heavy atom. The number of aromatic nitrogens is 3. The Kier molecular flexibility index (Phi) is 7.23. The zero-order valence-corrected chi connectivity index (χ0v) is 16.2. The van der Waals surface area contributed by atoms with E-state index in [1.165, 1.54) is 0 Å². The topological polar surface area (TPSA) is 169 Å². The summed E-state index contributed by atoms with van der Waals surface area (Å²) in [7, 11) is 0. The van der Waals surface area contributed by atoms with Crippen molar-refractivity contribution in [2.45, 2.75) is 38.8 Å². The summed E-state index contributed by atoms with van der Waals surface area (Å²) in [5.74, 6) is -2.23. The normalized spacial score (nSPS) is 13.1. The molecule has 29 heavy (non-hydrogen) atoms. The van der Waals surface area contributed by atoms with E-state index in [-0.39, 0.29) is 18.9 Å². The highest BCUT2D eigenvalue weighted by Gasteiger charge is 2.30. The number of primary amides is 1. The number of benzene rings is 1. The summed E-state index contributed by atoms with van der Waals surface area (Å²) < 4.78 is 0.982. The fourth-order valence-corrected chi connectivity index (χ4v) is 2.91. The fourth-order valence-electron chi connectivity index (χ4n) is 2.91. The molecule has 0 radical (unpaired) electrons. The molecule has 5 N–H and O–H groups in total. The lowest BCUT2D eigenvalue weighted by Crippen LogP contribution is -2.48. The van der Waals surface area contributed by atoms with E-state index < -0.39 is 35.6 Å². The number of carboxylic acids is 1. The molecule has 0 aliphatic carbocycles. The second-order valence-electron chi connectivity index (χ2n) is 6.88. The standard InChI is InChI=1S/C18H24N6O5/c1-10(2)14(24-16(26)11-6-3-4-7-12(11)22-23-24)15(25)21-13(17(27)28)8-5-9-20-18(19)29/h3-4,6-7,10,13-14H,5,8-9H2,1-2H3,(H,21,25)(H,27,28)(H3,19,20,29)/t13-,14-/m0/s1. The highest BCUT2D eigenvalue weighted by molar-refractivity contribution is 5.86. The molecule has 0 bridgehead atoms. The van der Waals surface area contributed by atoms with Crippen molar-refractivity contribution in [1.82, 2.24) is 25.6 Å². The highest BCUT2D eigenvalue weighted by atomic mass is 16.4. The monoisotopic (exact) mass is 404 g/mol. The van der Waals surface area contributed by atoms with Gasteiger partial charge in [0.1, 0.15) is 17.6 Å². The summed E-state index contributed by atoms with van der Waals surface area (Å²) in [5, 5.41) is 22.4. The number of carboxylic acid groups (broad SMARTS) is 1. The number of carbonyl (C=O) groups is 3. The Hall–Kier alpha value is -3.50. The number of aliphatic carboxylic acids is 1. The predicted molar refractivity (Wildman–Crippen MR) is 104 cm³/mol. The molecule has 0 saturated carbocycles. The van der Waals surface area contributed by atoms with Gasteiger partial charge < -0.3 is 21.5 Å². The van der Waals surface area contributed by atoms with E-state index in [1.54, 1.807) is 38.1 Å². The number of carbonyl (C=O) groups excluding carboxylic acids is 2. The van der Waals surface area contributed by atoms with Gasteiger partial charge >= 0.3 is 12.0 Å². The van der Waals surface area contributed by atoms with Gasteiger partial charge in [-0.3, -0.25) is 9.59 Å². The van der Waals surface area contributed by atoms with Crippen molar-refractivity contribution in [2.24, 2.45) is 11.7 Å². The smallest absolute Gasteiger partial charge is 0.326 e. The van der Waals surface area contributed by atoms with Crippen molar-refractivity contribution in [1.29, 1.82) is 0 Å². The molecule has 0 spiro atoms. The molecule has 1 aromatic carbocycles. The summed E-state index contributed by atoms with van der Waals surface area (Å²) in [6.07, 6.45) is 0.368. The van der Waals surface area contributed by atoms with Gasteiger partial charge in [-0.15, -0.1) is 5.10 Å². The first-order chi connectivity index (χ1) is 13.7. The van der Waals surface area contributed by atoms with Crippen LogP contribution in [0.25, 0.3) is 10.9 Å². The Labute approximate surface area is 166 Å². The Bertz CT molecular complexity index is 957. The maximum absolute atomic E-state index is 12.8. The van der Waals surface area contributed by atoms with Crippen molar-refractivity contribution in [3.8, 4) is 0 Å². The zero-order chi connectivity index (χ0) is 21.6. The van der Waals surface area contributed by atoms with E-state index in [4.69, 9.17) is 5.73 Å². The molecule has 3 amide bonds. The largest absolute Gasteiger partial charge is 0.480 e. The summed E-state index contributed by atoms with van der Waals surface area (Å²) in [4.78, 5) is 47.8. The van der Waals surface area contributed by atoms with E-state index in [2.05, 4.69) is 20.9 Å². The van der Waals surface area contributed by atoms with Gasteiger partial charge in [0.15, 0.2) is 0 Å². The van der Waals surface area contributed by atoms with E-state index in [9.17, 15) is 24.3 Å². The van der Waals surface area contributed by atoms with Gasteiger partial charge in [-0.2, -0.15) is 4.68 Å². The van der Waals surface area contributed by atoms with Gasteiger partial charge in [-0.25, -0.2) is 9.59 Å². The SMILES string of the molecule is CC(C)[C@@H](C(=O)N[C@@H](CCCNC(N)=O)C(=O)O)n1nnc2ccccc2c1=O. The summed E-state index contributed by atoms with van der Waals surface area (Å²) >= 11 is 0. The van der Waals surface area contributed by atoms with Crippen LogP contribution in [0.15, 0.2) is 29.1 Å². The van der Waals surface area contributed by atoms with Gasteiger partial charge in [0.25, 0.3) is 5.56 Å². The summed E-state index contributed by atoms with van der Waals surface area (Å²) in [5.41, 5.74) is 4.88. The van der Waals surface area contributed by atoms with E-state index >= 15 is 0 Å². The van der Waals surface area contributed by atoms with Crippen LogP contribution in [-0.2, 0) is 9.59 Å². The minimum Gasteiger partial charge on any atom is -0.480 e. The molecular weight excluding hydrogens is 380 g/mol. The number of urea groups is 1. The lowest BCUT2D eigenvalue weighted by atomic mass is 10.0. The van der Waals surface area contributed by atoms with Crippen LogP contribution in [-0.4, -0.2) is 50.6 Å². The van der Waals surface area contributed by atoms with Gasteiger partial charge in [0.2, 0.25) is 5.91 Å². The summed E-state index contributed by atoms with van der Waals surface area (Å²) in [6.45, 7) is 3.62. The molecular formula is C18H24N6O5. The first-order valence-electron chi connectivity index (χ1n) is 9.13. The maximum Gasteiger partial charge on any atom is 0.326 e. The van der Waals surface area contributed by atoms with Crippen molar-refractivity contribution in [3.05, 3.63) is 34.6 Å². The first kappa shape index (κ1) is 21.8. The van der Waals surface area contributed by atoms with Crippen LogP contribution in [0.3, 0.4) is 0 Å². The number of hydrogen-bond acceptors (Lipinski definition) is 6. The Morgan fingerprint density at radius 3 is 2.55 bits per heavy atom.